The summed E-state index contributed by atoms with van der Waals surface area (Å²) < 4.78 is 1.76. The number of amides is 1. The largest absolute Gasteiger partial charge is 0.397 e. The van der Waals surface area contributed by atoms with Crippen molar-refractivity contribution in [1.82, 2.24) is 14.8 Å². The summed E-state index contributed by atoms with van der Waals surface area (Å²) in [4.78, 5) is 12.1. The first-order valence-electron chi connectivity index (χ1n) is 5.84. The van der Waals surface area contributed by atoms with Crippen molar-refractivity contribution in [2.24, 2.45) is 7.05 Å². The number of nitrogens with one attached hydrogen (secondary N) is 1. The Morgan fingerprint density at radius 2 is 2.30 bits per heavy atom. The lowest BCUT2D eigenvalue weighted by molar-refractivity contribution is -0.115. The van der Waals surface area contributed by atoms with Crippen LogP contribution in [-0.2, 0) is 11.8 Å². The monoisotopic (exact) mass is 311 g/mol. The molecule has 0 spiro atoms. The maximum atomic E-state index is 12.1. The van der Waals surface area contributed by atoms with Gasteiger partial charge in [0.1, 0.15) is 6.33 Å². The van der Waals surface area contributed by atoms with Gasteiger partial charge in [0, 0.05) is 12.7 Å². The summed E-state index contributed by atoms with van der Waals surface area (Å²) in [7, 11) is 1.83. The molecule has 8 heteroatoms. The topological polar surface area (TPSA) is 85.8 Å². The van der Waals surface area contributed by atoms with E-state index in [2.05, 4.69) is 15.5 Å². The molecule has 0 fully saturated rings. The van der Waals surface area contributed by atoms with E-state index in [1.54, 1.807) is 36.0 Å². The Morgan fingerprint density at radius 3 is 2.90 bits per heavy atom. The molecule has 1 unspecified atom stereocenters. The second kappa shape index (κ2) is 6.15. The minimum Gasteiger partial charge on any atom is -0.397 e. The molecule has 0 aliphatic carbocycles. The lowest BCUT2D eigenvalue weighted by atomic mass is 10.2. The predicted molar refractivity (Wildman–Crippen MR) is 80.8 cm³/mol. The second-order valence-electron chi connectivity index (χ2n) is 4.21. The SMILES string of the molecule is CC(Sc1nncn1C)C(=O)Nc1ccc(Cl)c(N)c1. The summed E-state index contributed by atoms with van der Waals surface area (Å²) in [6.45, 7) is 1.80. The van der Waals surface area contributed by atoms with E-state index in [4.69, 9.17) is 17.3 Å². The molecular weight excluding hydrogens is 298 g/mol. The van der Waals surface area contributed by atoms with Crippen molar-refractivity contribution < 1.29 is 4.79 Å². The van der Waals surface area contributed by atoms with Crippen LogP contribution in [-0.4, -0.2) is 25.9 Å². The molecular formula is C12H14ClN5OS. The van der Waals surface area contributed by atoms with Gasteiger partial charge in [0.25, 0.3) is 0 Å². The molecule has 1 aromatic heterocycles. The maximum absolute atomic E-state index is 12.1. The van der Waals surface area contributed by atoms with E-state index in [9.17, 15) is 4.79 Å². The number of hydrogen-bond donors (Lipinski definition) is 2. The van der Waals surface area contributed by atoms with E-state index >= 15 is 0 Å². The fraction of sp³-hybridized carbons (Fsp3) is 0.250. The Labute approximate surface area is 125 Å². The van der Waals surface area contributed by atoms with Gasteiger partial charge in [-0.15, -0.1) is 10.2 Å². The number of nitrogens with two attached hydrogens (primary N) is 1. The molecule has 0 radical (unpaired) electrons. The van der Waals surface area contributed by atoms with Crippen molar-refractivity contribution >= 4 is 40.6 Å². The highest BCUT2D eigenvalue weighted by molar-refractivity contribution is 8.00. The van der Waals surface area contributed by atoms with E-state index in [1.165, 1.54) is 11.8 Å². The van der Waals surface area contributed by atoms with Gasteiger partial charge in [-0.05, 0) is 25.1 Å². The van der Waals surface area contributed by atoms with E-state index < -0.39 is 0 Å². The molecule has 106 valence electrons. The average molecular weight is 312 g/mol. The van der Waals surface area contributed by atoms with Crippen molar-refractivity contribution in [3.05, 3.63) is 29.5 Å². The zero-order chi connectivity index (χ0) is 14.7. The van der Waals surface area contributed by atoms with Gasteiger partial charge in [0.15, 0.2) is 5.16 Å². The quantitative estimate of drug-likeness (QED) is 0.667. The van der Waals surface area contributed by atoms with Crippen LogP contribution in [0.3, 0.4) is 0 Å². The number of benzene rings is 1. The Kier molecular flexibility index (Phi) is 4.51. The average Bonchev–Trinajstić information content (AvgIpc) is 2.79. The molecule has 1 amide bonds. The number of halogens is 1. The van der Waals surface area contributed by atoms with Crippen LogP contribution in [0.25, 0.3) is 0 Å². The molecule has 6 nitrogen and oxygen atoms in total. The summed E-state index contributed by atoms with van der Waals surface area (Å²) in [5, 5.41) is 11.3. The third-order valence-corrected chi connectivity index (χ3v) is 4.08. The Morgan fingerprint density at radius 1 is 1.55 bits per heavy atom. The first-order chi connectivity index (χ1) is 9.47. The van der Waals surface area contributed by atoms with Gasteiger partial charge >= 0.3 is 0 Å². The number of anilines is 2. The lowest BCUT2D eigenvalue weighted by Crippen LogP contribution is -2.22. The number of carbonyl (C=O) groups is 1. The van der Waals surface area contributed by atoms with Crippen LogP contribution in [0.5, 0.6) is 0 Å². The molecule has 20 heavy (non-hydrogen) atoms. The summed E-state index contributed by atoms with van der Waals surface area (Å²) in [6.07, 6.45) is 1.59. The number of aryl methyl sites for hydroxylation is 1. The van der Waals surface area contributed by atoms with Crippen LogP contribution in [0.1, 0.15) is 6.92 Å². The van der Waals surface area contributed by atoms with Gasteiger partial charge in [-0.25, -0.2) is 0 Å². The smallest absolute Gasteiger partial charge is 0.237 e. The second-order valence-corrected chi connectivity index (χ2v) is 5.93. The van der Waals surface area contributed by atoms with E-state index in [-0.39, 0.29) is 11.2 Å². The standard InChI is InChI=1S/C12H14ClN5OS/c1-7(20-12-17-15-6-18(12)2)11(19)16-8-3-4-9(13)10(14)5-8/h3-7H,14H2,1-2H3,(H,16,19). The molecule has 0 bridgehead atoms. The number of nitrogens with zero attached hydrogens (tertiary/aromatic N) is 3. The van der Waals surface area contributed by atoms with Gasteiger partial charge in [-0.1, -0.05) is 23.4 Å². The Hall–Kier alpha value is -1.73. The third kappa shape index (κ3) is 3.43. The zero-order valence-corrected chi connectivity index (χ0v) is 12.6. The number of nitrogen functional groups attached to an aromatic ring is 1. The highest BCUT2D eigenvalue weighted by atomic mass is 35.5. The molecule has 0 saturated heterocycles. The molecule has 0 aliphatic rings. The number of aromatic nitrogens is 3. The normalized spacial score (nSPS) is 12.2. The molecule has 1 aromatic carbocycles. The van der Waals surface area contributed by atoms with Crippen LogP contribution in [0.4, 0.5) is 11.4 Å². The zero-order valence-electron chi connectivity index (χ0n) is 11.0. The minimum atomic E-state index is -0.310. The van der Waals surface area contributed by atoms with Gasteiger partial charge in [0.05, 0.1) is 16.0 Å². The highest BCUT2D eigenvalue weighted by Crippen LogP contribution is 2.24. The molecule has 1 heterocycles. The summed E-state index contributed by atoms with van der Waals surface area (Å²) >= 11 is 7.16. The number of carbonyl (C=O) groups excluding carboxylic acids is 1. The van der Waals surface area contributed by atoms with Crippen LogP contribution in [0.2, 0.25) is 5.02 Å². The van der Waals surface area contributed by atoms with Crippen molar-refractivity contribution in [1.29, 1.82) is 0 Å². The maximum Gasteiger partial charge on any atom is 0.237 e. The fourth-order valence-electron chi connectivity index (χ4n) is 1.46. The van der Waals surface area contributed by atoms with Crippen molar-refractivity contribution in [3.63, 3.8) is 0 Å². The number of hydrogen-bond acceptors (Lipinski definition) is 5. The van der Waals surface area contributed by atoms with Crippen LogP contribution in [0, 0.1) is 0 Å². The number of rotatable bonds is 4. The molecule has 0 aliphatic heterocycles. The third-order valence-electron chi connectivity index (χ3n) is 2.58. The van der Waals surface area contributed by atoms with Crippen LogP contribution < -0.4 is 11.1 Å². The Bertz CT molecular complexity index is 630. The highest BCUT2D eigenvalue weighted by Gasteiger charge is 2.17. The predicted octanol–water partition coefficient (Wildman–Crippen LogP) is 2.17. The van der Waals surface area contributed by atoms with Crippen LogP contribution in [0.15, 0.2) is 29.7 Å². The first-order valence-corrected chi connectivity index (χ1v) is 7.09. The van der Waals surface area contributed by atoms with E-state index in [1.807, 2.05) is 7.05 Å². The van der Waals surface area contributed by atoms with Crippen molar-refractivity contribution in [2.75, 3.05) is 11.1 Å². The van der Waals surface area contributed by atoms with E-state index in [0.717, 1.165) is 0 Å². The number of thioether (sulfide) groups is 1. The first kappa shape index (κ1) is 14.7. The molecule has 2 rings (SSSR count). The van der Waals surface area contributed by atoms with Gasteiger partial charge < -0.3 is 15.6 Å². The van der Waals surface area contributed by atoms with Crippen LogP contribution >= 0.6 is 23.4 Å². The molecule has 2 aromatic rings. The minimum absolute atomic E-state index is 0.139. The van der Waals surface area contributed by atoms with Crippen molar-refractivity contribution in [3.8, 4) is 0 Å². The van der Waals surface area contributed by atoms with Gasteiger partial charge in [-0.3, -0.25) is 4.79 Å². The molecule has 0 saturated carbocycles. The Balaban J connectivity index is 2.00. The lowest BCUT2D eigenvalue weighted by Gasteiger charge is -2.12. The van der Waals surface area contributed by atoms with Crippen molar-refractivity contribution in [2.45, 2.75) is 17.3 Å². The summed E-state index contributed by atoms with van der Waals surface area (Å²) in [6, 6.07) is 4.98. The summed E-state index contributed by atoms with van der Waals surface area (Å²) in [5.74, 6) is -0.139. The van der Waals surface area contributed by atoms with Gasteiger partial charge in [-0.2, -0.15) is 0 Å². The van der Waals surface area contributed by atoms with E-state index in [0.29, 0.717) is 21.6 Å². The fourth-order valence-corrected chi connectivity index (χ4v) is 2.36. The van der Waals surface area contributed by atoms with Gasteiger partial charge in [0.2, 0.25) is 5.91 Å². The molecule has 3 N–H and O–H groups in total. The molecule has 1 atom stereocenters. The summed E-state index contributed by atoms with van der Waals surface area (Å²) in [5.41, 5.74) is 6.73.